The number of amides is 1. The van der Waals surface area contributed by atoms with Crippen molar-refractivity contribution in [1.29, 1.82) is 0 Å². The lowest BCUT2D eigenvalue weighted by molar-refractivity contribution is -0.153. The third kappa shape index (κ3) is 14.6. The van der Waals surface area contributed by atoms with Gasteiger partial charge in [-0.2, -0.15) is 0 Å². The molecule has 6 aliphatic rings. The summed E-state index contributed by atoms with van der Waals surface area (Å²) in [6, 6.07) is 18.0. The number of likely N-dealkylation sites (tertiary alicyclic amines) is 2. The molecule has 446 valence electrons. The quantitative estimate of drug-likeness (QED) is 0.0493. The largest absolute Gasteiger partial charge is 0.493 e. The van der Waals surface area contributed by atoms with Gasteiger partial charge in [-0.05, 0) is 104 Å². The predicted molar refractivity (Wildman–Crippen MR) is 319 cm³/mol. The molecule has 4 aliphatic heterocycles. The molecule has 4 saturated heterocycles. The number of halogens is 2. The van der Waals surface area contributed by atoms with Crippen molar-refractivity contribution in [3.05, 3.63) is 94.5 Å². The molecule has 6 fully saturated rings. The van der Waals surface area contributed by atoms with Crippen molar-refractivity contribution in [2.24, 2.45) is 22.7 Å². The predicted octanol–water partition coefficient (Wildman–Crippen LogP) is 12.5. The molecule has 0 radical (unpaired) electrons. The summed E-state index contributed by atoms with van der Waals surface area (Å²) in [6.07, 6.45) is 18.8. The maximum absolute atomic E-state index is 12.8. The third-order valence-electron chi connectivity index (χ3n) is 17.9. The molecule has 2 spiro atoms. The number of carbonyl (C=O) groups excluding carboxylic acids is 3. The van der Waals surface area contributed by atoms with Crippen molar-refractivity contribution in [3.63, 3.8) is 0 Å². The second-order valence-electron chi connectivity index (χ2n) is 23.9. The molecule has 4 aromatic carbocycles. The molecule has 19 heteroatoms. The first kappa shape index (κ1) is 59.4. The Morgan fingerprint density at radius 3 is 1.54 bits per heavy atom. The number of hydrogen-bond acceptors (Lipinski definition) is 16. The molecule has 1 amide bonds. The van der Waals surface area contributed by atoms with Gasteiger partial charge in [0.25, 0.3) is 0 Å². The molecule has 84 heavy (non-hydrogen) atoms. The highest BCUT2D eigenvalue weighted by molar-refractivity contribution is 6.32. The number of rotatable bonds is 25. The maximum atomic E-state index is 12.8. The van der Waals surface area contributed by atoms with E-state index in [2.05, 4.69) is 24.8 Å². The van der Waals surface area contributed by atoms with E-state index in [0.717, 1.165) is 108 Å². The van der Waals surface area contributed by atoms with E-state index in [1.54, 1.807) is 44.6 Å². The first-order valence-electron chi connectivity index (χ1n) is 29.9. The standard InChI is InChI=1S/C33H38ClN3O6.C32H38ClN3O5/c1-40-29-17-26-28(18-30(29)42-14-9-31(39)37-12-10-33(11-13-37)19-41-20-33)35-21-36-32(26)43-25-8-6-23(27(34)16-25)15-24(38)7-5-22-3-2-4-22;1-38-29-16-26-28(17-30(29)40-13-3-11-36-12-10-32(18-36)19-39-20-32)34-21-35-31(26)41-25-9-7-23(27(33)15-25)14-24(37)8-6-22-4-2-5-22/h6,8,16-18,21-22H,2-5,7,9-15,19-20H2,1H3;7,9,15-17,21-22H,2-6,8,10-14,18-20H2,1H3. The smallest absolute Gasteiger partial charge is 0.230 e. The van der Waals surface area contributed by atoms with Gasteiger partial charge >= 0.3 is 0 Å². The Hall–Kier alpha value is -6.37. The molecule has 17 nitrogen and oxygen atoms in total. The van der Waals surface area contributed by atoms with Gasteiger partial charge in [0.1, 0.15) is 35.7 Å². The van der Waals surface area contributed by atoms with Crippen LogP contribution < -0.4 is 28.4 Å². The molecule has 6 aromatic rings. The van der Waals surface area contributed by atoms with Crippen LogP contribution in [0.1, 0.15) is 107 Å². The normalized spacial score (nSPS) is 18.0. The van der Waals surface area contributed by atoms with Crippen LogP contribution in [0.15, 0.2) is 73.3 Å². The zero-order valence-electron chi connectivity index (χ0n) is 48.3. The van der Waals surface area contributed by atoms with Gasteiger partial charge < -0.3 is 47.7 Å². The molecule has 12 rings (SSSR count). The molecule has 0 bridgehead atoms. The van der Waals surface area contributed by atoms with Crippen molar-refractivity contribution in [3.8, 4) is 46.3 Å². The van der Waals surface area contributed by atoms with E-state index in [1.807, 2.05) is 35.2 Å². The lowest BCUT2D eigenvalue weighted by Crippen LogP contribution is -2.52. The van der Waals surface area contributed by atoms with Crippen LogP contribution >= 0.6 is 23.2 Å². The number of nitrogens with zero attached hydrogens (tertiary/aromatic N) is 6. The Labute approximate surface area is 501 Å². The summed E-state index contributed by atoms with van der Waals surface area (Å²) in [7, 11) is 3.18. The van der Waals surface area contributed by atoms with Gasteiger partial charge in [0.2, 0.25) is 17.7 Å². The third-order valence-corrected chi connectivity index (χ3v) is 18.6. The monoisotopic (exact) mass is 1190 g/mol. The van der Waals surface area contributed by atoms with E-state index in [4.69, 9.17) is 61.1 Å². The number of hydrogen-bond donors (Lipinski definition) is 0. The molecule has 2 aliphatic carbocycles. The first-order chi connectivity index (χ1) is 40.9. The number of ketones is 2. The van der Waals surface area contributed by atoms with Gasteiger partial charge in [-0.1, -0.05) is 73.9 Å². The fourth-order valence-electron chi connectivity index (χ4n) is 12.0. The minimum Gasteiger partial charge on any atom is -0.493 e. The first-order valence-corrected chi connectivity index (χ1v) is 30.7. The summed E-state index contributed by atoms with van der Waals surface area (Å²) in [6.45, 7) is 9.07. The Balaban J connectivity index is 0.000000176. The van der Waals surface area contributed by atoms with E-state index in [1.165, 1.54) is 57.6 Å². The fraction of sp³-hybridized carbons (Fsp3) is 0.523. The van der Waals surface area contributed by atoms with Crippen LogP contribution in [0.25, 0.3) is 21.8 Å². The van der Waals surface area contributed by atoms with Crippen LogP contribution in [0.3, 0.4) is 0 Å². The summed E-state index contributed by atoms with van der Waals surface area (Å²) in [5, 5.41) is 2.33. The van der Waals surface area contributed by atoms with Gasteiger partial charge in [-0.3, -0.25) is 14.4 Å². The number of ether oxygens (including phenoxy) is 8. The summed E-state index contributed by atoms with van der Waals surface area (Å²) >= 11 is 13.1. The Kier molecular flexibility index (Phi) is 19.3. The van der Waals surface area contributed by atoms with Crippen LogP contribution in [0, 0.1) is 22.7 Å². The number of aromatic nitrogens is 4. The minimum atomic E-state index is 0.0931. The molecule has 6 heterocycles. The summed E-state index contributed by atoms with van der Waals surface area (Å²) in [5.74, 6) is 5.96. The van der Waals surface area contributed by atoms with Crippen LogP contribution in [0.5, 0.6) is 46.3 Å². The van der Waals surface area contributed by atoms with E-state index in [-0.39, 0.29) is 30.5 Å². The maximum Gasteiger partial charge on any atom is 0.230 e. The average Bonchev–Trinajstić information content (AvgIpc) is 2.81. The molecular formula is C65H76Cl2N6O11. The molecule has 0 N–H and O–H groups in total. The van der Waals surface area contributed by atoms with Crippen molar-refractivity contribution in [2.75, 3.05) is 86.6 Å². The van der Waals surface area contributed by atoms with Crippen LogP contribution in [-0.2, 0) is 36.7 Å². The van der Waals surface area contributed by atoms with E-state index in [0.29, 0.717) is 127 Å². The van der Waals surface area contributed by atoms with Crippen molar-refractivity contribution < 1.29 is 52.3 Å². The number of fused-ring (bicyclic) bond motifs is 2. The van der Waals surface area contributed by atoms with Gasteiger partial charge in [0.05, 0.1) is 82.1 Å². The number of benzene rings is 4. The number of Topliss-reactive ketones (excluding diaryl/α,β-unsaturated/α-hetero) is 2. The molecule has 0 atom stereocenters. The zero-order valence-corrected chi connectivity index (χ0v) is 49.8. The fourth-order valence-corrected chi connectivity index (χ4v) is 12.5. The van der Waals surface area contributed by atoms with Crippen molar-refractivity contribution in [1.82, 2.24) is 29.7 Å². The number of methoxy groups -OCH3 is 2. The van der Waals surface area contributed by atoms with Crippen LogP contribution in [0.2, 0.25) is 10.0 Å². The van der Waals surface area contributed by atoms with Gasteiger partial charge in [-0.15, -0.1) is 0 Å². The highest BCUT2D eigenvalue weighted by Crippen LogP contribution is 2.42. The molecule has 0 unspecified atom stereocenters. The van der Waals surface area contributed by atoms with Crippen LogP contribution in [-0.4, -0.2) is 134 Å². The second-order valence-corrected chi connectivity index (χ2v) is 24.7. The van der Waals surface area contributed by atoms with Gasteiger partial charge in [-0.25, -0.2) is 19.9 Å². The zero-order chi connectivity index (χ0) is 58.0. The summed E-state index contributed by atoms with van der Waals surface area (Å²) in [5.41, 5.74) is 3.60. The Morgan fingerprint density at radius 2 is 1.10 bits per heavy atom. The van der Waals surface area contributed by atoms with E-state index >= 15 is 0 Å². The molecule has 2 aromatic heterocycles. The average molecular weight is 1190 g/mol. The SMILES string of the molecule is COc1cc2c(Oc3ccc(CC(=O)CCC4CCC4)c(Cl)c3)ncnc2cc1OCCC(=O)N1CCC2(CC1)COC2.COc1cc2c(Oc3ccc(CC(=O)CCC4CCC4)c(Cl)c3)ncnc2cc1OCCCN1CCC2(COC2)C1. The van der Waals surface area contributed by atoms with Crippen molar-refractivity contribution >= 4 is 62.5 Å². The Morgan fingerprint density at radius 1 is 0.595 bits per heavy atom. The highest BCUT2D eigenvalue weighted by Gasteiger charge is 2.44. The second kappa shape index (κ2) is 27.3. The van der Waals surface area contributed by atoms with E-state index in [9.17, 15) is 14.4 Å². The summed E-state index contributed by atoms with van der Waals surface area (Å²) in [4.78, 5) is 59.7. The lowest BCUT2D eigenvalue weighted by atomic mass is 9.77. The van der Waals surface area contributed by atoms with Gasteiger partial charge in [0.15, 0.2) is 23.0 Å². The molecule has 2 saturated carbocycles. The molecular weight excluding hydrogens is 1110 g/mol. The number of carbonyl (C=O) groups is 3. The summed E-state index contributed by atoms with van der Waals surface area (Å²) < 4.78 is 46.4. The Bertz CT molecular complexity index is 3300. The van der Waals surface area contributed by atoms with Gasteiger partial charge in [0, 0.05) is 84.9 Å². The number of piperidine rings is 1. The lowest BCUT2D eigenvalue weighted by Gasteiger charge is -2.47. The van der Waals surface area contributed by atoms with E-state index < -0.39 is 0 Å². The van der Waals surface area contributed by atoms with Crippen molar-refractivity contribution in [2.45, 2.75) is 109 Å². The van der Waals surface area contributed by atoms with Crippen LogP contribution in [0.4, 0.5) is 0 Å². The minimum absolute atomic E-state index is 0.0931. The highest BCUT2D eigenvalue weighted by atomic mass is 35.5. The topological polar surface area (TPSA) is 183 Å².